The fraction of sp³-hybridized carbons (Fsp3) is 0.750. The van der Waals surface area contributed by atoms with Crippen LogP contribution in [0.2, 0.25) is 6.04 Å². The van der Waals surface area contributed by atoms with Crippen LogP contribution in [-0.2, 0) is 0 Å². The standard InChI is InChI=1S/C4H11NS2Si/c5-4(6)7-2-1-3-8/h1-3H2,8H3,(H2,5,6). The largest absolute Gasteiger partial charge is 0.385 e. The fourth-order valence-electron chi connectivity index (χ4n) is 0.317. The highest BCUT2D eigenvalue weighted by Crippen LogP contribution is 2.02. The van der Waals surface area contributed by atoms with Gasteiger partial charge in [0.25, 0.3) is 0 Å². The Bertz CT molecular complexity index is 76.4. The van der Waals surface area contributed by atoms with Gasteiger partial charge in [0, 0.05) is 10.2 Å². The lowest BCUT2D eigenvalue weighted by Crippen LogP contribution is -2.02. The summed E-state index contributed by atoms with van der Waals surface area (Å²) in [7, 11) is 1.30. The summed E-state index contributed by atoms with van der Waals surface area (Å²) in [6, 6.07) is 1.36. The Balaban J connectivity index is 2.82. The van der Waals surface area contributed by atoms with Gasteiger partial charge in [-0.05, 0) is 12.2 Å². The maximum absolute atomic E-state index is 5.24. The molecule has 0 aliphatic rings. The first-order valence-electron chi connectivity index (χ1n) is 2.69. The van der Waals surface area contributed by atoms with Crippen LogP contribution in [0.3, 0.4) is 0 Å². The second kappa shape index (κ2) is 5.59. The molecule has 48 valence electrons. The van der Waals surface area contributed by atoms with E-state index in [9.17, 15) is 0 Å². The van der Waals surface area contributed by atoms with Crippen molar-refractivity contribution in [1.82, 2.24) is 0 Å². The predicted molar refractivity (Wildman–Crippen MR) is 48.6 cm³/mol. The van der Waals surface area contributed by atoms with Crippen molar-refractivity contribution in [3.8, 4) is 0 Å². The lowest BCUT2D eigenvalue weighted by Gasteiger charge is -1.93. The van der Waals surface area contributed by atoms with Crippen molar-refractivity contribution >= 4 is 38.5 Å². The van der Waals surface area contributed by atoms with Crippen molar-refractivity contribution in [2.45, 2.75) is 12.5 Å². The smallest absolute Gasteiger partial charge is 0.131 e. The second-order valence-corrected chi connectivity index (χ2v) is 4.36. The Morgan fingerprint density at radius 1 is 1.75 bits per heavy atom. The molecule has 2 N–H and O–H groups in total. The Hall–Kier alpha value is 0.457. The van der Waals surface area contributed by atoms with Gasteiger partial charge in [-0.15, -0.1) is 0 Å². The summed E-state index contributed by atoms with van der Waals surface area (Å²) in [6.07, 6.45) is 1.27. The Morgan fingerprint density at radius 2 is 2.38 bits per heavy atom. The molecule has 0 fully saturated rings. The number of hydrogen-bond acceptors (Lipinski definition) is 2. The van der Waals surface area contributed by atoms with Crippen LogP contribution in [0, 0.1) is 0 Å². The van der Waals surface area contributed by atoms with Crippen LogP contribution in [-0.4, -0.2) is 20.3 Å². The van der Waals surface area contributed by atoms with Gasteiger partial charge in [-0.25, -0.2) is 0 Å². The van der Waals surface area contributed by atoms with Crippen molar-refractivity contribution in [2.24, 2.45) is 5.73 Å². The molecule has 0 aliphatic heterocycles. The van der Waals surface area contributed by atoms with Gasteiger partial charge in [0.15, 0.2) is 0 Å². The van der Waals surface area contributed by atoms with Crippen LogP contribution in [0.4, 0.5) is 0 Å². The molecule has 0 unspecified atom stereocenters. The van der Waals surface area contributed by atoms with Crippen LogP contribution in [0.25, 0.3) is 0 Å². The van der Waals surface area contributed by atoms with E-state index in [0.29, 0.717) is 4.32 Å². The van der Waals surface area contributed by atoms with Gasteiger partial charge in [0.1, 0.15) is 4.32 Å². The molecule has 0 aromatic rings. The molecule has 8 heavy (non-hydrogen) atoms. The molecule has 1 nitrogen and oxygen atoms in total. The van der Waals surface area contributed by atoms with E-state index in [-0.39, 0.29) is 0 Å². The third-order valence-corrected chi connectivity index (χ3v) is 2.58. The molecule has 0 heterocycles. The quantitative estimate of drug-likeness (QED) is 0.366. The zero-order valence-corrected chi connectivity index (χ0v) is 8.65. The molecule has 0 amide bonds. The number of rotatable bonds is 3. The summed E-state index contributed by atoms with van der Waals surface area (Å²) in [5.41, 5.74) is 5.24. The molecule has 0 aromatic carbocycles. The van der Waals surface area contributed by atoms with Crippen LogP contribution in [0.5, 0.6) is 0 Å². The minimum atomic E-state index is 0.583. The zero-order valence-electron chi connectivity index (χ0n) is 5.02. The monoisotopic (exact) mass is 165 g/mol. The lowest BCUT2D eigenvalue weighted by atomic mass is 10.6. The maximum Gasteiger partial charge on any atom is 0.131 e. The van der Waals surface area contributed by atoms with Crippen LogP contribution >= 0.6 is 24.0 Å². The van der Waals surface area contributed by atoms with E-state index in [2.05, 4.69) is 12.2 Å². The van der Waals surface area contributed by atoms with E-state index in [4.69, 9.17) is 5.73 Å². The third kappa shape index (κ3) is 6.46. The first kappa shape index (κ1) is 8.46. The van der Waals surface area contributed by atoms with Gasteiger partial charge < -0.3 is 5.73 Å². The number of thioether (sulfide) groups is 1. The normalized spacial score (nSPS) is 9.50. The summed E-state index contributed by atoms with van der Waals surface area (Å²) in [4.78, 5) is 0. The van der Waals surface area contributed by atoms with E-state index in [1.807, 2.05) is 0 Å². The summed E-state index contributed by atoms with van der Waals surface area (Å²) < 4.78 is 0.583. The van der Waals surface area contributed by atoms with Gasteiger partial charge in [-0.2, -0.15) is 0 Å². The van der Waals surface area contributed by atoms with Crippen molar-refractivity contribution in [3.05, 3.63) is 0 Å². The average molecular weight is 165 g/mol. The predicted octanol–water partition coefficient (Wildman–Crippen LogP) is 0.137. The minimum absolute atomic E-state index is 0.583. The first-order chi connectivity index (χ1) is 3.77. The maximum atomic E-state index is 5.24. The molecule has 0 aromatic heterocycles. The third-order valence-electron chi connectivity index (χ3n) is 0.742. The van der Waals surface area contributed by atoms with Gasteiger partial charge in [0.05, 0.1) is 0 Å². The lowest BCUT2D eigenvalue weighted by molar-refractivity contribution is 1.10. The Kier molecular flexibility index (Phi) is 5.91. The van der Waals surface area contributed by atoms with Crippen molar-refractivity contribution in [3.63, 3.8) is 0 Å². The van der Waals surface area contributed by atoms with Gasteiger partial charge >= 0.3 is 0 Å². The van der Waals surface area contributed by atoms with E-state index < -0.39 is 0 Å². The summed E-state index contributed by atoms with van der Waals surface area (Å²) in [5, 5.41) is 0. The molecule has 0 spiro atoms. The number of thiocarbonyl (C=S) groups is 1. The van der Waals surface area contributed by atoms with Crippen LogP contribution < -0.4 is 5.73 Å². The Labute approximate surface area is 62.8 Å². The first-order valence-corrected chi connectivity index (χ1v) is 5.50. The fourth-order valence-corrected chi connectivity index (χ4v) is 2.07. The van der Waals surface area contributed by atoms with Gasteiger partial charge in [0.2, 0.25) is 0 Å². The molecular formula is C4H11NS2Si. The highest BCUT2D eigenvalue weighted by molar-refractivity contribution is 8.22. The van der Waals surface area contributed by atoms with Crippen molar-refractivity contribution < 1.29 is 0 Å². The van der Waals surface area contributed by atoms with Crippen LogP contribution in [0.15, 0.2) is 0 Å². The summed E-state index contributed by atoms with van der Waals surface area (Å²) in [5.74, 6) is 1.11. The topological polar surface area (TPSA) is 26.0 Å². The minimum Gasteiger partial charge on any atom is -0.385 e. The van der Waals surface area contributed by atoms with E-state index >= 15 is 0 Å². The van der Waals surface area contributed by atoms with Gasteiger partial charge in [-0.1, -0.05) is 30.0 Å². The molecule has 0 saturated carbocycles. The van der Waals surface area contributed by atoms with Gasteiger partial charge in [-0.3, -0.25) is 0 Å². The molecule has 0 rings (SSSR count). The molecule has 0 radical (unpaired) electrons. The Morgan fingerprint density at radius 3 is 2.75 bits per heavy atom. The summed E-state index contributed by atoms with van der Waals surface area (Å²) >= 11 is 6.25. The SMILES string of the molecule is NC(=S)SCCC[SiH3]. The molecular weight excluding hydrogens is 154 g/mol. The zero-order chi connectivity index (χ0) is 6.41. The van der Waals surface area contributed by atoms with Crippen LogP contribution in [0.1, 0.15) is 6.42 Å². The molecule has 0 atom stereocenters. The average Bonchev–Trinajstić information content (AvgIpc) is 1.66. The molecule has 0 bridgehead atoms. The van der Waals surface area contributed by atoms with Crippen molar-refractivity contribution in [1.29, 1.82) is 0 Å². The summed E-state index contributed by atoms with van der Waals surface area (Å²) in [6.45, 7) is 0. The van der Waals surface area contributed by atoms with E-state index in [0.717, 1.165) is 5.75 Å². The second-order valence-electron chi connectivity index (χ2n) is 1.52. The number of nitrogens with two attached hydrogens (primary N) is 1. The molecule has 4 heteroatoms. The van der Waals surface area contributed by atoms with E-state index in [1.165, 1.54) is 22.7 Å². The molecule has 0 saturated heterocycles. The number of hydrogen-bond donors (Lipinski definition) is 1. The molecule has 0 aliphatic carbocycles. The van der Waals surface area contributed by atoms with Crippen molar-refractivity contribution in [2.75, 3.05) is 5.75 Å². The highest BCUT2D eigenvalue weighted by Gasteiger charge is 1.86. The van der Waals surface area contributed by atoms with E-state index in [1.54, 1.807) is 11.8 Å². The highest BCUT2D eigenvalue weighted by atomic mass is 32.2.